The van der Waals surface area contributed by atoms with Gasteiger partial charge in [-0.3, -0.25) is 9.59 Å². The van der Waals surface area contributed by atoms with Crippen molar-refractivity contribution in [1.29, 1.82) is 0 Å². The van der Waals surface area contributed by atoms with Crippen molar-refractivity contribution in [3.8, 4) is 0 Å². The van der Waals surface area contributed by atoms with Crippen LogP contribution >= 0.6 is 0 Å². The zero-order chi connectivity index (χ0) is 19.8. The quantitative estimate of drug-likeness (QED) is 0.642. The number of hydrogen-bond acceptors (Lipinski definition) is 4. The molecule has 2 heterocycles. The fraction of sp³-hybridized carbons (Fsp3) is 0.304. The van der Waals surface area contributed by atoms with Gasteiger partial charge in [-0.05, 0) is 49.9 Å². The van der Waals surface area contributed by atoms with Crippen LogP contribution in [0.25, 0.3) is 11.0 Å². The lowest BCUT2D eigenvalue weighted by atomic mass is 10.0. The van der Waals surface area contributed by atoms with Crippen molar-refractivity contribution in [2.75, 3.05) is 11.4 Å². The summed E-state index contributed by atoms with van der Waals surface area (Å²) in [5.41, 5.74) is 5.82. The number of anilines is 1. The van der Waals surface area contributed by atoms with Crippen LogP contribution in [0.4, 0.5) is 5.69 Å². The molecule has 5 heteroatoms. The van der Waals surface area contributed by atoms with E-state index in [1.807, 2.05) is 50.2 Å². The average molecular weight is 377 g/mol. The topological polar surface area (TPSA) is 59.8 Å². The molecule has 4 rings (SSSR count). The predicted molar refractivity (Wildman–Crippen MR) is 107 cm³/mol. The van der Waals surface area contributed by atoms with Crippen LogP contribution in [0, 0.1) is 13.8 Å². The molecule has 1 amide bonds. The number of esters is 1. The second kappa shape index (κ2) is 7.15. The highest BCUT2D eigenvalue weighted by atomic mass is 16.5. The van der Waals surface area contributed by atoms with Gasteiger partial charge in [0.15, 0.2) is 6.10 Å². The van der Waals surface area contributed by atoms with Gasteiger partial charge in [0.1, 0.15) is 5.58 Å². The molecular weight excluding hydrogens is 354 g/mol. The molecule has 0 fully saturated rings. The molecule has 5 nitrogen and oxygen atoms in total. The summed E-state index contributed by atoms with van der Waals surface area (Å²) in [6, 6.07) is 11.8. The maximum absolute atomic E-state index is 12.8. The summed E-state index contributed by atoms with van der Waals surface area (Å²) in [7, 11) is 0. The van der Waals surface area contributed by atoms with Crippen molar-refractivity contribution in [1.82, 2.24) is 0 Å². The third kappa shape index (κ3) is 3.17. The van der Waals surface area contributed by atoms with Gasteiger partial charge in [0.2, 0.25) is 0 Å². The summed E-state index contributed by atoms with van der Waals surface area (Å²) in [6.45, 7) is 6.26. The number of rotatable bonds is 4. The zero-order valence-corrected chi connectivity index (χ0v) is 16.3. The largest absolute Gasteiger partial charge is 0.464 e. The van der Waals surface area contributed by atoms with Gasteiger partial charge in [-0.1, -0.05) is 30.3 Å². The Hall–Kier alpha value is -3.08. The Kier molecular flexibility index (Phi) is 4.67. The summed E-state index contributed by atoms with van der Waals surface area (Å²) in [4.78, 5) is 26.9. The maximum Gasteiger partial charge on any atom is 0.311 e. The Morgan fingerprint density at radius 1 is 1.18 bits per heavy atom. The molecule has 0 unspecified atom stereocenters. The van der Waals surface area contributed by atoms with Crippen molar-refractivity contribution in [3.05, 3.63) is 64.9 Å². The molecule has 1 aromatic heterocycles. The fourth-order valence-corrected chi connectivity index (χ4v) is 3.76. The van der Waals surface area contributed by atoms with Crippen LogP contribution in [0.2, 0.25) is 0 Å². The first-order chi connectivity index (χ1) is 13.5. The number of amides is 1. The van der Waals surface area contributed by atoms with E-state index in [1.165, 1.54) is 0 Å². The van der Waals surface area contributed by atoms with Crippen molar-refractivity contribution in [3.63, 3.8) is 0 Å². The average Bonchev–Trinajstić information content (AvgIpc) is 3.28. The molecule has 0 aliphatic carbocycles. The SMILES string of the molecule is Cc1ccc2c(CC(=O)O[C@@H](C)C(=O)N3CCc4ccccc43)coc2c1C. The molecule has 0 N–H and O–H groups in total. The molecule has 3 aromatic rings. The number of hydrogen-bond donors (Lipinski definition) is 0. The molecular formula is C23H23NO4. The number of ether oxygens (including phenoxy) is 1. The Morgan fingerprint density at radius 3 is 2.79 bits per heavy atom. The number of carbonyl (C=O) groups excluding carboxylic acids is 2. The van der Waals surface area contributed by atoms with Gasteiger partial charge in [0.05, 0.1) is 12.7 Å². The van der Waals surface area contributed by atoms with E-state index in [1.54, 1.807) is 18.1 Å². The number of para-hydroxylation sites is 1. The molecule has 0 spiro atoms. The lowest BCUT2D eigenvalue weighted by molar-refractivity contribution is -0.153. The van der Waals surface area contributed by atoms with E-state index in [2.05, 4.69) is 0 Å². The van der Waals surface area contributed by atoms with E-state index in [0.717, 1.165) is 45.3 Å². The number of aryl methyl sites for hydroxylation is 2. The molecule has 0 bridgehead atoms. The third-order valence-electron chi connectivity index (χ3n) is 5.49. The highest BCUT2D eigenvalue weighted by molar-refractivity contribution is 5.99. The minimum Gasteiger partial charge on any atom is -0.464 e. The maximum atomic E-state index is 12.8. The first-order valence-corrected chi connectivity index (χ1v) is 9.50. The van der Waals surface area contributed by atoms with Gasteiger partial charge in [0.25, 0.3) is 5.91 Å². The van der Waals surface area contributed by atoms with Crippen molar-refractivity contribution < 1.29 is 18.7 Å². The lowest BCUT2D eigenvalue weighted by Gasteiger charge is -2.21. The molecule has 1 aliphatic rings. The van der Waals surface area contributed by atoms with E-state index in [9.17, 15) is 9.59 Å². The van der Waals surface area contributed by atoms with E-state index in [4.69, 9.17) is 9.15 Å². The van der Waals surface area contributed by atoms with Crippen LogP contribution in [0.5, 0.6) is 0 Å². The van der Waals surface area contributed by atoms with Crippen molar-refractivity contribution >= 4 is 28.5 Å². The number of carbonyl (C=O) groups is 2. The summed E-state index contributed by atoms with van der Waals surface area (Å²) in [6.07, 6.45) is 1.66. The van der Waals surface area contributed by atoms with Gasteiger partial charge < -0.3 is 14.1 Å². The Balaban J connectivity index is 1.44. The summed E-state index contributed by atoms with van der Waals surface area (Å²) in [5, 5.41) is 0.910. The number of nitrogens with zero attached hydrogens (tertiary/aromatic N) is 1. The lowest BCUT2D eigenvalue weighted by Crippen LogP contribution is -2.39. The van der Waals surface area contributed by atoms with Crippen LogP contribution < -0.4 is 4.90 Å². The Bertz CT molecular complexity index is 1070. The minimum atomic E-state index is -0.833. The van der Waals surface area contributed by atoms with Crippen LogP contribution in [-0.4, -0.2) is 24.5 Å². The van der Waals surface area contributed by atoms with E-state index >= 15 is 0 Å². The third-order valence-corrected chi connectivity index (χ3v) is 5.49. The second-order valence-corrected chi connectivity index (χ2v) is 7.32. The highest BCUT2D eigenvalue weighted by Crippen LogP contribution is 2.29. The molecule has 144 valence electrons. The fourth-order valence-electron chi connectivity index (χ4n) is 3.76. The van der Waals surface area contributed by atoms with E-state index < -0.39 is 12.1 Å². The van der Waals surface area contributed by atoms with Gasteiger partial charge in [-0.25, -0.2) is 0 Å². The van der Waals surface area contributed by atoms with Gasteiger partial charge in [-0.2, -0.15) is 0 Å². The Labute approximate surface area is 163 Å². The van der Waals surface area contributed by atoms with Gasteiger partial charge >= 0.3 is 5.97 Å². The van der Waals surface area contributed by atoms with Crippen molar-refractivity contribution in [2.24, 2.45) is 0 Å². The van der Waals surface area contributed by atoms with Crippen LogP contribution in [0.3, 0.4) is 0 Å². The van der Waals surface area contributed by atoms with Crippen molar-refractivity contribution in [2.45, 2.75) is 39.7 Å². The molecule has 0 saturated heterocycles. The number of fused-ring (bicyclic) bond motifs is 2. The second-order valence-electron chi connectivity index (χ2n) is 7.32. The summed E-state index contributed by atoms with van der Waals surface area (Å²) in [5.74, 6) is -0.629. The molecule has 0 saturated carbocycles. The molecule has 2 aromatic carbocycles. The van der Waals surface area contributed by atoms with Gasteiger partial charge in [-0.15, -0.1) is 0 Å². The molecule has 1 atom stereocenters. The first kappa shape index (κ1) is 18.3. The van der Waals surface area contributed by atoms with Gasteiger partial charge in [0, 0.05) is 23.2 Å². The van der Waals surface area contributed by atoms with Crippen LogP contribution in [0.15, 0.2) is 47.1 Å². The standard InChI is InChI=1S/C23H23NO4/c1-14-8-9-19-18(13-27-22(19)15(14)2)12-21(25)28-16(3)23(26)24-11-10-17-6-4-5-7-20(17)24/h4-9,13,16H,10-12H2,1-3H3/t16-/m0/s1. The first-order valence-electron chi connectivity index (χ1n) is 9.50. The molecule has 1 aliphatic heterocycles. The normalized spacial score (nSPS) is 14.2. The predicted octanol–water partition coefficient (Wildman–Crippen LogP) is 4.11. The Morgan fingerprint density at radius 2 is 1.96 bits per heavy atom. The smallest absolute Gasteiger partial charge is 0.311 e. The molecule has 28 heavy (non-hydrogen) atoms. The van der Waals surface area contributed by atoms with Crippen LogP contribution in [-0.2, 0) is 27.2 Å². The molecule has 0 radical (unpaired) electrons. The van der Waals surface area contributed by atoms with Crippen LogP contribution in [0.1, 0.15) is 29.2 Å². The summed E-state index contributed by atoms with van der Waals surface area (Å²) < 4.78 is 11.1. The number of furan rings is 1. The van der Waals surface area contributed by atoms with E-state index in [-0.39, 0.29) is 12.3 Å². The number of benzene rings is 2. The summed E-state index contributed by atoms with van der Waals surface area (Å²) >= 11 is 0. The minimum absolute atomic E-state index is 0.0731. The zero-order valence-electron chi connectivity index (χ0n) is 16.3. The van der Waals surface area contributed by atoms with E-state index in [0.29, 0.717) is 6.54 Å². The monoisotopic (exact) mass is 377 g/mol. The highest BCUT2D eigenvalue weighted by Gasteiger charge is 2.29.